The monoisotopic (exact) mass is 288 g/mol. The highest BCUT2D eigenvalue weighted by Crippen LogP contribution is 2.18. The Morgan fingerprint density at radius 3 is 2.86 bits per heavy atom. The van der Waals surface area contributed by atoms with Gasteiger partial charge in [-0.3, -0.25) is 4.68 Å². The molecule has 0 fully saturated rings. The minimum atomic E-state index is -0.677. The molecule has 21 heavy (non-hydrogen) atoms. The summed E-state index contributed by atoms with van der Waals surface area (Å²) in [6.07, 6.45) is 0. The first-order valence-electron chi connectivity index (χ1n) is 6.08. The van der Waals surface area contributed by atoms with Crippen LogP contribution in [0.25, 0.3) is 0 Å². The zero-order chi connectivity index (χ0) is 15.6. The molecule has 2 N–H and O–H groups in total. The molecular weight excluding hydrogens is 275 g/mol. The topological polar surface area (TPSA) is 93.9 Å². The number of nitrogens with zero attached hydrogens (tertiary/aromatic N) is 3. The largest absolute Gasteiger partial charge is 0.456 e. The van der Waals surface area contributed by atoms with Crippen molar-refractivity contribution in [3.63, 3.8) is 0 Å². The normalized spacial score (nSPS) is 10.2. The first-order chi connectivity index (χ1) is 9.93. The van der Waals surface area contributed by atoms with Gasteiger partial charge in [-0.1, -0.05) is 0 Å². The number of carbonyl (C=O) groups excluding carboxylic acids is 1. The quantitative estimate of drug-likeness (QED) is 0.867. The number of halogens is 1. The molecule has 0 spiro atoms. The van der Waals surface area contributed by atoms with E-state index in [0.29, 0.717) is 11.3 Å². The van der Waals surface area contributed by atoms with Crippen LogP contribution in [0.5, 0.6) is 0 Å². The minimum Gasteiger partial charge on any atom is -0.456 e. The molecule has 7 heteroatoms. The fraction of sp³-hybridized carbons (Fsp3) is 0.214. The maximum atomic E-state index is 13.2. The van der Waals surface area contributed by atoms with Crippen LogP contribution >= 0.6 is 0 Å². The van der Waals surface area contributed by atoms with E-state index in [4.69, 9.17) is 15.7 Å². The van der Waals surface area contributed by atoms with E-state index >= 15 is 0 Å². The SMILES string of the molecule is Cc1nn(C)c(C(=O)OCc2cc(F)ccc2C#N)c1N. The summed E-state index contributed by atoms with van der Waals surface area (Å²) in [5.74, 6) is -1.18. The Kier molecular flexibility index (Phi) is 3.89. The summed E-state index contributed by atoms with van der Waals surface area (Å²) in [4.78, 5) is 12.0. The third kappa shape index (κ3) is 2.84. The van der Waals surface area contributed by atoms with Crippen molar-refractivity contribution in [2.75, 3.05) is 5.73 Å². The highest BCUT2D eigenvalue weighted by Gasteiger charge is 2.19. The third-order valence-corrected chi connectivity index (χ3v) is 3.01. The number of hydrogen-bond acceptors (Lipinski definition) is 5. The number of rotatable bonds is 3. The van der Waals surface area contributed by atoms with E-state index in [1.54, 1.807) is 14.0 Å². The standard InChI is InChI=1S/C14H13FN4O2/c1-8-12(17)13(19(2)18-8)14(20)21-7-10-5-11(15)4-3-9(10)6-16/h3-5H,7,17H2,1-2H3. The van der Waals surface area contributed by atoms with Crippen LogP contribution in [0.3, 0.4) is 0 Å². The van der Waals surface area contributed by atoms with Gasteiger partial charge in [-0.05, 0) is 25.1 Å². The van der Waals surface area contributed by atoms with Crippen LogP contribution in [0.4, 0.5) is 10.1 Å². The van der Waals surface area contributed by atoms with Crippen LogP contribution in [0.15, 0.2) is 18.2 Å². The molecule has 0 unspecified atom stereocenters. The van der Waals surface area contributed by atoms with Crippen molar-refractivity contribution in [2.45, 2.75) is 13.5 Å². The van der Waals surface area contributed by atoms with Crippen LogP contribution in [-0.2, 0) is 18.4 Å². The number of carbonyl (C=O) groups is 1. The molecule has 0 atom stereocenters. The van der Waals surface area contributed by atoms with Gasteiger partial charge in [-0.2, -0.15) is 10.4 Å². The summed E-state index contributed by atoms with van der Waals surface area (Å²) >= 11 is 0. The Morgan fingerprint density at radius 1 is 1.57 bits per heavy atom. The molecule has 0 saturated carbocycles. The van der Waals surface area contributed by atoms with E-state index < -0.39 is 11.8 Å². The fourth-order valence-corrected chi connectivity index (χ4v) is 1.92. The number of nitrogen functional groups attached to an aromatic ring is 1. The molecule has 0 saturated heterocycles. The van der Waals surface area contributed by atoms with Gasteiger partial charge in [0.05, 0.1) is 23.0 Å². The van der Waals surface area contributed by atoms with E-state index in [9.17, 15) is 9.18 Å². The van der Waals surface area contributed by atoms with Crippen molar-refractivity contribution in [2.24, 2.45) is 7.05 Å². The van der Waals surface area contributed by atoms with E-state index in [-0.39, 0.29) is 23.6 Å². The molecule has 6 nitrogen and oxygen atoms in total. The van der Waals surface area contributed by atoms with Gasteiger partial charge in [0.1, 0.15) is 12.4 Å². The number of ether oxygens (including phenoxy) is 1. The van der Waals surface area contributed by atoms with E-state index in [1.165, 1.54) is 16.8 Å². The zero-order valence-electron chi connectivity index (χ0n) is 11.6. The van der Waals surface area contributed by atoms with E-state index in [1.807, 2.05) is 6.07 Å². The van der Waals surface area contributed by atoms with Gasteiger partial charge < -0.3 is 10.5 Å². The maximum Gasteiger partial charge on any atom is 0.359 e. The van der Waals surface area contributed by atoms with Crippen molar-refractivity contribution < 1.29 is 13.9 Å². The molecular formula is C14H13FN4O2. The average Bonchev–Trinajstić information content (AvgIpc) is 2.70. The summed E-state index contributed by atoms with van der Waals surface area (Å²) in [6.45, 7) is 1.45. The number of nitriles is 1. The Bertz CT molecular complexity index is 746. The van der Waals surface area contributed by atoms with Gasteiger partial charge in [-0.15, -0.1) is 0 Å². The number of esters is 1. The summed E-state index contributed by atoms with van der Waals surface area (Å²) in [5, 5.41) is 12.9. The number of anilines is 1. The van der Waals surface area contributed by atoms with E-state index in [2.05, 4.69) is 5.10 Å². The fourth-order valence-electron chi connectivity index (χ4n) is 1.92. The molecule has 0 amide bonds. The Labute approximate surface area is 120 Å². The van der Waals surface area contributed by atoms with Crippen LogP contribution in [0.1, 0.15) is 27.3 Å². The third-order valence-electron chi connectivity index (χ3n) is 3.01. The highest BCUT2D eigenvalue weighted by molar-refractivity contribution is 5.93. The van der Waals surface area contributed by atoms with Gasteiger partial charge in [-0.25, -0.2) is 9.18 Å². The molecule has 0 bridgehead atoms. The lowest BCUT2D eigenvalue weighted by molar-refractivity contribution is 0.0460. The van der Waals surface area contributed by atoms with Crippen LogP contribution in [-0.4, -0.2) is 15.7 Å². The predicted molar refractivity (Wildman–Crippen MR) is 72.6 cm³/mol. The molecule has 1 aromatic carbocycles. The van der Waals surface area contributed by atoms with Crippen molar-refractivity contribution in [3.8, 4) is 6.07 Å². The highest BCUT2D eigenvalue weighted by atomic mass is 19.1. The minimum absolute atomic E-state index is 0.127. The Balaban J connectivity index is 2.19. The predicted octanol–water partition coefficient (Wildman–Crippen LogP) is 1.68. The van der Waals surface area contributed by atoms with Crippen molar-refractivity contribution >= 4 is 11.7 Å². The number of nitrogens with two attached hydrogens (primary N) is 1. The van der Waals surface area contributed by atoms with Gasteiger partial charge in [0.25, 0.3) is 0 Å². The Morgan fingerprint density at radius 2 is 2.29 bits per heavy atom. The number of benzene rings is 1. The number of aryl methyl sites for hydroxylation is 2. The molecule has 0 radical (unpaired) electrons. The van der Waals surface area contributed by atoms with Crippen molar-refractivity contribution in [1.29, 1.82) is 5.26 Å². The van der Waals surface area contributed by atoms with Crippen molar-refractivity contribution in [3.05, 3.63) is 46.5 Å². The lowest BCUT2D eigenvalue weighted by atomic mass is 10.1. The Hall–Kier alpha value is -2.88. The first-order valence-corrected chi connectivity index (χ1v) is 6.08. The smallest absolute Gasteiger partial charge is 0.359 e. The average molecular weight is 288 g/mol. The molecule has 0 aliphatic carbocycles. The van der Waals surface area contributed by atoms with Gasteiger partial charge in [0, 0.05) is 12.6 Å². The number of hydrogen-bond donors (Lipinski definition) is 1. The lowest BCUT2D eigenvalue weighted by Crippen LogP contribution is -2.13. The molecule has 108 valence electrons. The molecule has 1 heterocycles. The second-order valence-electron chi connectivity index (χ2n) is 4.46. The van der Waals surface area contributed by atoms with E-state index in [0.717, 1.165) is 6.07 Å². The second kappa shape index (κ2) is 5.63. The molecule has 1 aromatic heterocycles. The van der Waals surface area contributed by atoms with Crippen LogP contribution in [0, 0.1) is 24.1 Å². The maximum absolute atomic E-state index is 13.2. The van der Waals surface area contributed by atoms with Gasteiger partial charge in [0.15, 0.2) is 5.69 Å². The summed E-state index contributed by atoms with van der Waals surface area (Å²) in [5.41, 5.74) is 7.19. The van der Waals surface area contributed by atoms with Gasteiger partial charge >= 0.3 is 5.97 Å². The number of aromatic nitrogens is 2. The van der Waals surface area contributed by atoms with Crippen LogP contribution < -0.4 is 5.73 Å². The molecule has 2 rings (SSSR count). The molecule has 0 aliphatic rings. The summed E-state index contributed by atoms with van der Waals surface area (Å²) in [6, 6.07) is 5.58. The second-order valence-corrected chi connectivity index (χ2v) is 4.46. The first kappa shape index (κ1) is 14.5. The summed E-state index contributed by atoms with van der Waals surface area (Å²) < 4.78 is 19.6. The molecule has 2 aromatic rings. The van der Waals surface area contributed by atoms with Crippen LogP contribution in [0.2, 0.25) is 0 Å². The zero-order valence-corrected chi connectivity index (χ0v) is 11.6. The lowest BCUT2D eigenvalue weighted by Gasteiger charge is -2.07. The summed E-state index contributed by atoms with van der Waals surface area (Å²) in [7, 11) is 1.57. The van der Waals surface area contributed by atoms with Crippen molar-refractivity contribution in [1.82, 2.24) is 9.78 Å². The van der Waals surface area contributed by atoms with Gasteiger partial charge in [0.2, 0.25) is 0 Å². The molecule has 0 aliphatic heterocycles.